The summed E-state index contributed by atoms with van der Waals surface area (Å²) >= 11 is 0. The van der Waals surface area contributed by atoms with Crippen molar-refractivity contribution in [2.24, 2.45) is 0 Å². The van der Waals surface area contributed by atoms with Gasteiger partial charge in [0.1, 0.15) is 17.3 Å². The lowest BCUT2D eigenvalue weighted by Crippen LogP contribution is -2.32. The second-order valence-corrected chi connectivity index (χ2v) is 8.75. The number of hydrogen-bond donors (Lipinski definition) is 1. The van der Waals surface area contributed by atoms with E-state index >= 15 is 0 Å². The van der Waals surface area contributed by atoms with E-state index in [1.54, 1.807) is 36.3 Å². The Labute approximate surface area is 201 Å². The van der Waals surface area contributed by atoms with Crippen molar-refractivity contribution in [1.82, 2.24) is 9.80 Å². The van der Waals surface area contributed by atoms with Crippen LogP contribution >= 0.6 is 0 Å². The van der Waals surface area contributed by atoms with Crippen molar-refractivity contribution in [3.63, 3.8) is 0 Å². The van der Waals surface area contributed by atoms with Gasteiger partial charge in [-0.3, -0.25) is 9.59 Å². The van der Waals surface area contributed by atoms with Gasteiger partial charge in [0.15, 0.2) is 0 Å². The van der Waals surface area contributed by atoms with Gasteiger partial charge >= 0.3 is 0 Å². The summed E-state index contributed by atoms with van der Waals surface area (Å²) in [5.74, 6) is -0.0667. The first-order chi connectivity index (χ1) is 16.3. The predicted molar refractivity (Wildman–Crippen MR) is 132 cm³/mol. The van der Waals surface area contributed by atoms with Crippen molar-refractivity contribution in [3.05, 3.63) is 64.7 Å². The average molecular weight is 467 g/mol. The highest BCUT2D eigenvalue weighted by Crippen LogP contribution is 2.40. The number of carbonyl (C=O) groups is 2. The lowest BCUT2D eigenvalue weighted by Gasteiger charge is -2.26. The van der Waals surface area contributed by atoms with Gasteiger partial charge in [-0.05, 0) is 81.9 Å². The van der Waals surface area contributed by atoms with Gasteiger partial charge in [0.25, 0.3) is 11.7 Å². The van der Waals surface area contributed by atoms with Crippen molar-refractivity contribution in [2.75, 3.05) is 40.9 Å². The quantitative estimate of drug-likeness (QED) is 0.322. The Bertz CT molecular complexity index is 1060. The largest absolute Gasteiger partial charge is 0.507 e. The predicted octanol–water partition coefficient (Wildman–Crippen LogP) is 4.17. The van der Waals surface area contributed by atoms with E-state index in [2.05, 4.69) is 0 Å². The van der Waals surface area contributed by atoms with E-state index in [1.807, 2.05) is 51.0 Å². The number of carbonyl (C=O) groups excluding carboxylic acids is 2. The second-order valence-electron chi connectivity index (χ2n) is 8.75. The average Bonchev–Trinajstić information content (AvgIpc) is 3.07. The summed E-state index contributed by atoms with van der Waals surface area (Å²) in [6.07, 6.45) is 1.59. The molecule has 0 spiro atoms. The minimum atomic E-state index is -0.677. The van der Waals surface area contributed by atoms with Crippen LogP contribution in [0.3, 0.4) is 0 Å². The molecule has 1 aliphatic heterocycles. The molecule has 2 aromatic rings. The van der Waals surface area contributed by atoms with Crippen molar-refractivity contribution in [3.8, 4) is 11.5 Å². The van der Waals surface area contributed by atoms with Crippen LogP contribution in [-0.4, -0.2) is 67.5 Å². The zero-order valence-corrected chi connectivity index (χ0v) is 20.6. The Hall–Kier alpha value is -3.32. The summed E-state index contributed by atoms with van der Waals surface area (Å²) in [5.41, 5.74) is 2.12. The van der Waals surface area contributed by atoms with Crippen LogP contribution in [0.5, 0.6) is 11.5 Å². The number of hydrogen-bond acceptors (Lipinski definition) is 6. The number of aryl methyl sites for hydroxylation is 1. The number of amides is 1. The minimum Gasteiger partial charge on any atom is -0.507 e. The first-order valence-corrected chi connectivity index (χ1v) is 11.6. The highest BCUT2D eigenvalue weighted by Gasteiger charge is 2.45. The molecular weight excluding hydrogens is 432 g/mol. The molecule has 0 saturated carbocycles. The third kappa shape index (κ3) is 5.42. The molecule has 1 N–H and O–H groups in total. The second kappa shape index (κ2) is 11.2. The standard InChI is InChI=1S/C27H34N2O5/c1-6-16-34-21-12-13-22(18(2)17-21)25(30)23-24(19-8-10-20(33-5)11-9-19)29(27(32)26(23)31)15-7-14-28(3)4/h8-13,17,24,30H,6-7,14-16H2,1-5H3/t24-/m0/s1. The maximum Gasteiger partial charge on any atom is 0.295 e. The highest BCUT2D eigenvalue weighted by atomic mass is 16.5. The third-order valence-electron chi connectivity index (χ3n) is 5.90. The van der Waals surface area contributed by atoms with Gasteiger partial charge < -0.3 is 24.4 Å². The molecule has 0 bridgehead atoms. The summed E-state index contributed by atoms with van der Waals surface area (Å²) in [5, 5.41) is 11.3. The fourth-order valence-electron chi connectivity index (χ4n) is 4.16. The molecule has 1 aliphatic rings. The van der Waals surface area contributed by atoms with Crippen LogP contribution in [0.2, 0.25) is 0 Å². The summed E-state index contributed by atoms with van der Waals surface area (Å²) in [7, 11) is 5.51. The lowest BCUT2D eigenvalue weighted by molar-refractivity contribution is -0.139. The molecular formula is C27H34N2O5. The van der Waals surface area contributed by atoms with Crippen LogP contribution in [0.25, 0.3) is 5.76 Å². The molecule has 1 heterocycles. The maximum absolute atomic E-state index is 13.2. The lowest BCUT2D eigenvalue weighted by atomic mass is 9.93. The number of benzene rings is 2. The Morgan fingerprint density at radius 1 is 1.09 bits per heavy atom. The first kappa shape index (κ1) is 25.3. The van der Waals surface area contributed by atoms with Crippen molar-refractivity contribution < 1.29 is 24.2 Å². The van der Waals surface area contributed by atoms with E-state index in [9.17, 15) is 14.7 Å². The van der Waals surface area contributed by atoms with Gasteiger partial charge in [-0.15, -0.1) is 0 Å². The number of ether oxygens (including phenoxy) is 2. The number of rotatable bonds is 10. The molecule has 7 nitrogen and oxygen atoms in total. The van der Waals surface area contributed by atoms with Crippen molar-refractivity contribution in [1.29, 1.82) is 0 Å². The van der Waals surface area contributed by atoms with Crippen LogP contribution in [0.4, 0.5) is 0 Å². The number of methoxy groups -OCH3 is 1. The molecule has 0 unspecified atom stereocenters. The highest BCUT2D eigenvalue weighted by molar-refractivity contribution is 6.46. The molecule has 1 saturated heterocycles. The Kier molecular flexibility index (Phi) is 8.34. The zero-order valence-electron chi connectivity index (χ0n) is 20.6. The topological polar surface area (TPSA) is 79.3 Å². The molecule has 182 valence electrons. The van der Waals surface area contributed by atoms with Gasteiger partial charge in [0.05, 0.1) is 25.3 Å². The summed E-state index contributed by atoms with van der Waals surface area (Å²) in [6.45, 7) is 5.66. The number of aliphatic hydroxyl groups is 1. The van der Waals surface area contributed by atoms with Crippen molar-refractivity contribution >= 4 is 17.4 Å². The van der Waals surface area contributed by atoms with E-state index in [1.165, 1.54) is 0 Å². The fourth-order valence-corrected chi connectivity index (χ4v) is 4.16. The van der Waals surface area contributed by atoms with E-state index in [-0.39, 0.29) is 11.3 Å². The third-order valence-corrected chi connectivity index (χ3v) is 5.90. The molecule has 34 heavy (non-hydrogen) atoms. The molecule has 1 fully saturated rings. The summed E-state index contributed by atoms with van der Waals surface area (Å²) < 4.78 is 10.9. The SMILES string of the molecule is CCCOc1ccc(C(O)=C2C(=O)C(=O)N(CCCN(C)C)[C@H]2c2ccc(OC)cc2)c(C)c1. The number of ketones is 1. The monoisotopic (exact) mass is 466 g/mol. The fraction of sp³-hybridized carbons (Fsp3) is 0.407. The van der Waals surface area contributed by atoms with Crippen LogP contribution in [0.1, 0.15) is 42.5 Å². The molecule has 0 radical (unpaired) electrons. The van der Waals surface area contributed by atoms with Gasteiger partial charge in [-0.1, -0.05) is 19.1 Å². The van der Waals surface area contributed by atoms with Gasteiger partial charge in [0.2, 0.25) is 0 Å². The molecule has 0 aromatic heterocycles. The van der Waals surface area contributed by atoms with Crippen LogP contribution in [-0.2, 0) is 9.59 Å². The maximum atomic E-state index is 13.2. The molecule has 1 amide bonds. The van der Waals surface area contributed by atoms with Crippen LogP contribution < -0.4 is 9.47 Å². The number of aliphatic hydroxyl groups excluding tert-OH is 1. The zero-order chi connectivity index (χ0) is 24.8. The number of Topliss-reactive ketones (excluding diaryl/α,β-unsaturated/α-hetero) is 1. The van der Waals surface area contributed by atoms with E-state index in [0.717, 1.165) is 24.1 Å². The Morgan fingerprint density at radius 3 is 2.35 bits per heavy atom. The molecule has 2 aromatic carbocycles. The van der Waals surface area contributed by atoms with Crippen LogP contribution in [0, 0.1) is 6.92 Å². The van der Waals surface area contributed by atoms with Gasteiger partial charge in [0, 0.05) is 12.1 Å². The van der Waals surface area contributed by atoms with Gasteiger partial charge in [-0.2, -0.15) is 0 Å². The first-order valence-electron chi connectivity index (χ1n) is 11.6. The molecule has 0 aliphatic carbocycles. The van der Waals surface area contributed by atoms with E-state index < -0.39 is 17.7 Å². The Balaban J connectivity index is 2.07. The molecule has 1 atom stereocenters. The Morgan fingerprint density at radius 2 is 1.76 bits per heavy atom. The van der Waals surface area contributed by atoms with Crippen molar-refractivity contribution in [2.45, 2.75) is 32.7 Å². The van der Waals surface area contributed by atoms with Gasteiger partial charge in [-0.25, -0.2) is 0 Å². The van der Waals surface area contributed by atoms with E-state index in [4.69, 9.17) is 9.47 Å². The number of likely N-dealkylation sites (tertiary alicyclic amines) is 1. The molecule has 3 rings (SSSR count). The summed E-state index contributed by atoms with van der Waals surface area (Å²) in [6, 6.07) is 11.9. The molecule has 7 heteroatoms. The normalized spacial score (nSPS) is 17.5. The summed E-state index contributed by atoms with van der Waals surface area (Å²) in [4.78, 5) is 29.8. The van der Waals surface area contributed by atoms with E-state index in [0.29, 0.717) is 36.6 Å². The van der Waals surface area contributed by atoms with Crippen LogP contribution in [0.15, 0.2) is 48.0 Å². The smallest absolute Gasteiger partial charge is 0.295 e. The number of nitrogens with zero attached hydrogens (tertiary/aromatic N) is 2. The minimum absolute atomic E-state index is 0.102.